The molecule has 0 saturated carbocycles. The van der Waals surface area contributed by atoms with E-state index in [0.717, 1.165) is 28.7 Å². The van der Waals surface area contributed by atoms with Gasteiger partial charge in [0.05, 0.1) is 12.1 Å². The van der Waals surface area contributed by atoms with Crippen molar-refractivity contribution in [3.63, 3.8) is 0 Å². The number of aryl methyl sites for hydroxylation is 1. The minimum absolute atomic E-state index is 0.231. The van der Waals surface area contributed by atoms with Crippen LogP contribution >= 0.6 is 0 Å². The van der Waals surface area contributed by atoms with E-state index < -0.39 is 17.6 Å². The third-order valence-corrected chi connectivity index (χ3v) is 5.67. The van der Waals surface area contributed by atoms with Crippen molar-refractivity contribution in [2.24, 2.45) is 0 Å². The van der Waals surface area contributed by atoms with E-state index in [-0.39, 0.29) is 12.1 Å². The first kappa shape index (κ1) is 22.9. The number of aromatic nitrogens is 3. The Balaban J connectivity index is 1.66. The molecule has 1 N–H and O–H groups in total. The van der Waals surface area contributed by atoms with Gasteiger partial charge in [0, 0.05) is 12.0 Å². The molecule has 0 fully saturated rings. The Morgan fingerprint density at radius 2 is 1.59 bits per heavy atom. The van der Waals surface area contributed by atoms with Crippen molar-refractivity contribution < 1.29 is 14.7 Å². The molecule has 0 bridgehead atoms. The van der Waals surface area contributed by atoms with Crippen LogP contribution < -0.4 is 5.69 Å². The average molecular weight is 456 g/mol. The standard InChI is InChI=1S/C27H25N3O4/c1-2-3-13-24-28-30(25(31)21-9-5-4-6-10-21)27(34)29(24)18-19-14-16-20(17-15-19)22-11-7-8-12-23(22)26(32)33/h4-12,14-17H,2-3,13,18H2,1H3,(H,32,33). The molecule has 1 aromatic heterocycles. The highest BCUT2D eigenvalue weighted by atomic mass is 16.4. The Morgan fingerprint density at radius 1 is 0.912 bits per heavy atom. The molecule has 0 aliphatic carbocycles. The summed E-state index contributed by atoms with van der Waals surface area (Å²) in [7, 11) is 0. The summed E-state index contributed by atoms with van der Waals surface area (Å²) < 4.78 is 2.48. The van der Waals surface area contributed by atoms with Crippen LogP contribution in [0.5, 0.6) is 0 Å². The first-order valence-corrected chi connectivity index (χ1v) is 11.2. The third-order valence-electron chi connectivity index (χ3n) is 5.67. The highest BCUT2D eigenvalue weighted by Gasteiger charge is 2.19. The molecule has 0 aliphatic heterocycles. The number of rotatable bonds is 8. The second-order valence-corrected chi connectivity index (χ2v) is 8.02. The molecular formula is C27H25N3O4. The van der Waals surface area contributed by atoms with Crippen molar-refractivity contribution in [1.29, 1.82) is 0 Å². The molecule has 0 amide bonds. The highest BCUT2D eigenvalue weighted by Crippen LogP contribution is 2.24. The Bertz CT molecular complexity index is 1370. The first-order valence-electron chi connectivity index (χ1n) is 11.2. The zero-order valence-corrected chi connectivity index (χ0v) is 18.8. The van der Waals surface area contributed by atoms with E-state index in [2.05, 4.69) is 12.0 Å². The van der Waals surface area contributed by atoms with Crippen LogP contribution in [0.3, 0.4) is 0 Å². The summed E-state index contributed by atoms with van der Waals surface area (Å²) in [6, 6.07) is 22.9. The normalized spacial score (nSPS) is 10.9. The second kappa shape index (κ2) is 10.1. The van der Waals surface area contributed by atoms with E-state index in [9.17, 15) is 19.5 Å². The van der Waals surface area contributed by atoms with Gasteiger partial charge in [-0.1, -0.05) is 74.0 Å². The maximum atomic E-state index is 13.2. The number of hydrogen-bond donors (Lipinski definition) is 1. The van der Waals surface area contributed by atoms with E-state index in [1.807, 2.05) is 30.3 Å². The lowest BCUT2D eigenvalue weighted by Crippen LogP contribution is -2.30. The van der Waals surface area contributed by atoms with Gasteiger partial charge in [-0.25, -0.2) is 9.59 Å². The summed E-state index contributed by atoms with van der Waals surface area (Å²) in [5.41, 5.74) is 2.41. The lowest BCUT2D eigenvalue weighted by atomic mass is 9.99. The monoisotopic (exact) mass is 455 g/mol. The summed E-state index contributed by atoms with van der Waals surface area (Å²) in [5.74, 6) is -0.874. The summed E-state index contributed by atoms with van der Waals surface area (Å²) in [5, 5.41) is 13.8. The molecule has 0 unspecified atom stereocenters. The SMILES string of the molecule is CCCCc1nn(C(=O)c2ccccc2)c(=O)n1Cc1ccc(-c2ccccc2C(=O)O)cc1. The summed E-state index contributed by atoms with van der Waals surface area (Å²) in [6.45, 7) is 2.32. The third kappa shape index (κ3) is 4.73. The lowest BCUT2D eigenvalue weighted by Gasteiger charge is -2.09. The molecule has 7 heteroatoms. The van der Waals surface area contributed by atoms with Crippen molar-refractivity contribution in [1.82, 2.24) is 14.3 Å². The fourth-order valence-electron chi connectivity index (χ4n) is 3.84. The molecule has 0 spiro atoms. The molecule has 4 aromatic rings. The molecule has 34 heavy (non-hydrogen) atoms. The van der Waals surface area contributed by atoms with Crippen molar-refractivity contribution in [2.75, 3.05) is 0 Å². The fraction of sp³-hybridized carbons (Fsp3) is 0.185. The lowest BCUT2D eigenvalue weighted by molar-refractivity contribution is 0.0697. The van der Waals surface area contributed by atoms with Gasteiger partial charge in [0.1, 0.15) is 5.82 Å². The van der Waals surface area contributed by atoms with Gasteiger partial charge in [-0.15, -0.1) is 9.78 Å². The van der Waals surface area contributed by atoms with Crippen LogP contribution in [0.4, 0.5) is 0 Å². The molecule has 0 saturated heterocycles. The van der Waals surface area contributed by atoms with Crippen molar-refractivity contribution in [3.05, 3.63) is 112 Å². The van der Waals surface area contributed by atoms with Gasteiger partial charge in [-0.2, -0.15) is 0 Å². The Morgan fingerprint density at radius 3 is 2.26 bits per heavy atom. The van der Waals surface area contributed by atoms with E-state index in [4.69, 9.17) is 0 Å². The van der Waals surface area contributed by atoms with Crippen molar-refractivity contribution in [3.8, 4) is 11.1 Å². The maximum absolute atomic E-state index is 13.2. The van der Waals surface area contributed by atoms with Gasteiger partial charge in [-0.3, -0.25) is 9.36 Å². The average Bonchev–Trinajstić information content (AvgIpc) is 3.18. The van der Waals surface area contributed by atoms with Gasteiger partial charge in [-0.05, 0) is 41.3 Å². The van der Waals surface area contributed by atoms with Crippen LogP contribution in [-0.4, -0.2) is 31.3 Å². The fourth-order valence-corrected chi connectivity index (χ4v) is 3.84. The zero-order chi connectivity index (χ0) is 24.1. The van der Waals surface area contributed by atoms with E-state index >= 15 is 0 Å². The van der Waals surface area contributed by atoms with Crippen LogP contribution in [0.25, 0.3) is 11.1 Å². The zero-order valence-electron chi connectivity index (χ0n) is 18.8. The van der Waals surface area contributed by atoms with E-state index in [1.54, 1.807) is 48.5 Å². The van der Waals surface area contributed by atoms with Crippen LogP contribution in [0.1, 0.15) is 51.9 Å². The Kier molecular flexibility index (Phi) is 6.82. The summed E-state index contributed by atoms with van der Waals surface area (Å²) in [4.78, 5) is 37.6. The van der Waals surface area contributed by atoms with E-state index in [0.29, 0.717) is 23.4 Å². The topological polar surface area (TPSA) is 94.2 Å². The number of carboxylic acid groups (broad SMARTS) is 1. The minimum Gasteiger partial charge on any atom is -0.478 e. The molecule has 3 aromatic carbocycles. The number of carboxylic acids is 1. The number of aromatic carboxylic acids is 1. The number of carbonyl (C=O) groups is 2. The molecule has 172 valence electrons. The Labute approximate surface area is 196 Å². The van der Waals surface area contributed by atoms with Crippen molar-refractivity contribution in [2.45, 2.75) is 32.7 Å². The molecule has 7 nitrogen and oxygen atoms in total. The molecular weight excluding hydrogens is 430 g/mol. The molecule has 0 atom stereocenters. The van der Waals surface area contributed by atoms with Gasteiger partial charge >= 0.3 is 11.7 Å². The quantitative estimate of drug-likeness (QED) is 0.422. The molecule has 0 aliphatic rings. The molecule has 1 heterocycles. The maximum Gasteiger partial charge on any atom is 0.353 e. The largest absolute Gasteiger partial charge is 0.478 e. The number of nitrogens with zero attached hydrogens (tertiary/aromatic N) is 3. The summed E-state index contributed by atoms with van der Waals surface area (Å²) in [6.07, 6.45) is 2.37. The summed E-state index contributed by atoms with van der Waals surface area (Å²) >= 11 is 0. The smallest absolute Gasteiger partial charge is 0.353 e. The molecule has 0 radical (unpaired) electrons. The van der Waals surface area contributed by atoms with Crippen molar-refractivity contribution >= 4 is 11.9 Å². The van der Waals surface area contributed by atoms with Gasteiger partial charge in [0.25, 0.3) is 5.91 Å². The van der Waals surface area contributed by atoms with Crippen LogP contribution in [0.15, 0.2) is 83.7 Å². The number of carbonyl (C=O) groups excluding carboxylic acids is 1. The number of benzene rings is 3. The number of hydrogen-bond acceptors (Lipinski definition) is 4. The second-order valence-electron chi connectivity index (χ2n) is 8.02. The highest BCUT2D eigenvalue weighted by molar-refractivity contribution is 5.96. The van der Waals surface area contributed by atoms with Gasteiger partial charge < -0.3 is 5.11 Å². The van der Waals surface area contributed by atoms with E-state index in [1.165, 1.54) is 4.57 Å². The Hall–Kier alpha value is -4.26. The van der Waals surface area contributed by atoms with Crippen LogP contribution in [0.2, 0.25) is 0 Å². The van der Waals surface area contributed by atoms with Gasteiger partial charge in [0.15, 0.2) is 0 Å². The predicted octanol–water partition coefficient (Wildman–Crippen LogP) is 4.49. The number of unbranched alkanes of at least 4 members (excludes halogenated alkanes) is 1. The molecule has 4 rings (SSSR count). The van der Waals surface area contributed by atoms with Crippen LogP contribution in [0, 0.1) is 0 Å². The minimum atomic E-state index is -0.984. The van der Waals surface area contributed by atoms with Gasteiger partial charge in [0.2, 0.25) is 0 Å². The predicted molar refractivity (Wildman–Crippen MR) is 129 cm³/mol. The first-order chi connectivity index (χ1) is 16.5. The van der Waals surface area contributed by atoms with Crippen LogP contribution in [-0.2, 0) is 13.0 Å².